The molecule has 0 aliphatic heterocycles. The van der Waals surface area contributed by atoms with Gasteiger partial charge in [-0.1, -0.05) is 24.3 Å². The zero-order chi connectivity index (χ0) is 14.1. The highest BCUT2D eigenvalue weighted by Crippen LogP contribution is 2.22. The number of rotatable bonds is 0. The Bertz CT molecular complexity index is 768. The maximum absolute atomic E-state index is 10.0. The summed E-state index contributed by atoms with van der Waals surface area (Å²) in [5, 5.41) is 28.3. The third-order valence-electron chi connectivity index (χ3n) is 3.30. The van der Waals surface area contributed by atoms with Gasteiger partial charge in [0, 0.05) is 17.5 Å². The second-order valence-electron chi connectivity index (χ2n) is 4.62. The van der Waals surface area contributed by atoms with Crippen LogP contribution in [0, 0.1) is 0 Å². The fourth-order valence-corrected chi connectivity index (χ4v) is 2.38. The lowest BCUT2D eigenvalue weighted by atomic mass is 9.94. The highest BCUT2D eigenvalue weighted by Gasteiger charge is 2.14. The van der Waals surface area contributed by atoms with Gasteiger partial charge in [-0.2, -0.15) is 0 Å². The second-order valence-corrected chi connectivity index (χ2v) is 4.62. The van der Waals surface area contributed by atoms with Crippen molar-refractivity contribution < 1.29 is 24.2 Å². The molecule has 2 aliphatic carbocycles. The van der Waals surface area contributed by atoms with E-state index in [0.29, 0.717) is 6.42 Å². The Morgan fingerprint density at radius 3 is 2.80 bits per heavy atom. The van der Waals surface area contributed by atoms with Crippen molar-refractivity contribution >= 4 is 23.9 Å². The van der Waals surface area contributed by atoms with Gasteiger partial charge < -0.3 is 24.2 Å². The first-order chi connectivity index (χ1) is 9.66. The Morgan fingerprint density at radius 2 is 2.00 bits per heavy atom. The monoisotopic (exact) mass is 274 g/mol. The standard InChI is InChI=1S/C15H14O5/c16-12-7-3-6-11-10-5-2-1-4-9(10)8-19-15(14(17)18)20-13(11)12/h1,3-4,6,8,16-18H,2,5,7H2. The summed E-state index contributed by atoms with van der Waals surface area (Å²) in [6, 6.07) is 0. The minimum absolute atomic E-state index is 0.0353. The van der Waals surface area contributed by atoms with Gasteiger partial charge in [-0.25, -0.2) is 0 Å². The van der Waals surface area contributed by atoms with E-state index in [1.165, 1.54) is 6.26 Å². The smallest absolute Gasteiger partial charge is 0.374 e. The molecule has 1 aromatic rings. The van der Waals surface area contributed by atoms with Crippen LogP contribution in [0.4, 0.5) is 0 Å². The van der Waals surface area contributed by atoms with Gasteiger partial charge in [-0.15, -0.1) is 0 Å². The molecule has 3 rings (SSSR count). The van der Waals surface area contributed by atoms with E-state index < -0.39 is 11.6 Å². The van der Waals surface area contributed by atoms with Crippen LogP contribution < -0.4 is 11.0 Å². The highest BCUT2D eigenvalue weighted by atomic mass is 16.5. The number of allylic oxidation sites excluding steroid dienone is 1. The number of hydrogen-bond acceptors (Lipinski definition) is 5. The van der Waals surface area contributed by atoms with Crippen LogP contribution in [-0.2, 0) is 6.42 Å². The molecular formula is C15H14O5. The van der Waals surface area contributed by atoms with E-state index in [9.17, 15) is 5.11 Å². The van der Waals surface area contributed by atoms with Crippen molar-refractivity contribution in [2.24, 2.45) is 0 Å². The zero-order valence-corrected chi connectivity index (χ0v) is 10.7. The molecule has 1 heterocycles. The van der Waals surface area contributed by atoms with Gasteiger partial charge in [0.1, 0.15) is 12.0 Å². The lowest BCUT2D eigenvalue weighted by Gasteiger charge is -2.13. The normalized spacial score (nSPS) is 15.5. The summed E-state index contributed by atoms with van der Waals surface area (Å²) in [6.07, 6.45) is 11.1. The number of fused-ring (bicyclic) bond motifs is 3. The molecule has 3 N–H and O–H groups in total. The minimum Gasteiger partial charge on any atom is -0.508 e. The van der Waals surface area contributed by atoms with Crippen LogP contribution in [-0.4, -0.2) is 15.3 Å². The summed E-state index contributed by atoms with van der Waals surface area (Å²) in [5.41, 5.74) is 2.32. The van der Waals surface area contributed by atoms with Gasteiger partial charge >= 0.3 is 11.6 Å². The molecule has 5 nitrogen and oxygen atoms in total. The molecule has 0 amide bonds. The van der Waals surface area contributed by atoms with Gasteiger partial charge in [0.05, 0.1) is 0 Å². The van der Waals surface area contributed by atoms with Crippen LogP contribution in [0.3, 0.4) is 0 Å². The number of hydrogen-bond donors (Lipinski definition) is 3. The third kappa shape index (κ3) is 2.07. The van der Waals surface area contributed by atoms with Gasteiger partial charge in [0.2, 0.25) is 0 Å². The Hall–Kier alpha value is -2.56. The lowest BCUT2D eigenvalue weighted by molar-refractivity contribution is 0.226. The van der Waals surface area contributed by atoms with Gasteiger partial charge in [-0.05, 0) is 18.4 Å². The van der Waals surface area contributed by atoms with Crippen molar-refractivity contribution in [3.05, 3.63) is 46.1 Å². The molecule has 0 saturated carbocycles. The topological polar surface area (TPSA) is 87.0 Å². The molecule has 1 aromatic heterocycles. The first kappa shape index (κ1) is 12.5. The van der Waals surface area contributed by atoms with E-state index in [4.69, 9.17) is 19.0 Å². The molecule has 0 bridgehead atoms. The van der Waals surface area contributed by atoms with E-state index in [2.05, 4.69) is 0 Å². The maximum Gasteiger partial charge on any atom is 0.374 e. The molecule has 5 heteroatoms. The van der Waals surface area contributed by atoms with Gasteiger partial charge in [0.15, 0.2) is 5.42 Å². The average molecular weight is 274 g/mol. The second kappa shape index (κ2) is 4.85. The summed E-state index contributed by atoms with van der Waals surface area (Å²) < 4.78 is 10.5. The van der Waals surface area contributed by atoms with Crippen molar-refractivity contribution in [3.8, 4) is 0 Å². The van der Waals surface area contributed by atoms with E-state index in [1.807, 2.05) is 24.3 Å². The summed E-state index contributed by atoms with van der Waals surface area (Å²) in [6.45, 7) is 0. The summed E-state index contributed by atoms with van der Waals surface area (Å²) >= 11 is 0. The average Bonchev–Trinajstić information content (AvgIpc) is 2.42. The SMILES string of the molecule is OC(O)=c1occ2c(c3c(o1)=C(O)CC=C3)CCC=C2. The van der Waals surface area contributed by atoms with E-state index >= 15 is 0 Å². The largest absolute Gasteiger partial charge is 0.508 e. The van der Waals surface area contributed by atoms with Crippen molar-refractivity contribution in [2.75, 3.05) is 0 Å². The fraction of sp³-hybridized carbons (Fsp3) is 0.200. The van der Waals surface area contributed by atoms with E-state index in [0.717, 1.165) is 29.5 Å². The van der Waals surface area contributed by atoms with E-state index in [-0.39, 0.29) is 11.2 Å². The van der Waals surface area contributed by atoms with Crippen LogP contribution in [0.15, 0.2) is 27.2 Å². The quantitative estimate of drug-likeness (QED) is 0.675. The van der Waals surface area contributed by atoms with Crippen LogP contribution in [0.2, 0.25) is 0 Å². The molecule has 0 spiro atoms. The van der Waals surface area contributed by atoms with Crippen molar-refractivity contribution in [2.45, 2.75) is 19.3 Å². The molecule has 0 unspecified atom stereocenters. The van der Waals surface area contributed by atoms with Crippen LogP contribution in [0.25, 0.3) is 23.9 Å². The molecule has 0 fully saturated rings. The van der Waals surface area contributed by atoms with Crippen molar-refractivity contribution in [1.82, 2.24) is 0 Å². The minimum atomic E-state index is -1.07. The molecular weight excluding hydrogens is 260 g/mol. The maximum atomic E-state index is 10.0. The van der Waals surface area contributed by atoms with Gasteiger partial charge in [0.25, 0.3) is 0 Å². The first-order valence-corrected chi connectivity index (χ1v) is 6.33. The van der Waals surface area contributed by atoms with Gasteiger partial charge in [-0.3, -0.25) is 0 Å². The zero-order valence-electron chi connectivity index (χ0n) is 10.7. The van der Waals surface area contributed by atoms with E-state index in [1.54, 1.807) is 0 Å². The van der Waals surface area contributed by atoms with Crippen LogP contribution in [0.5, 0.6) is 0 Å². The summed E-state index contributed by atoms with van der Waals surface area (Å²) in [4.78, 5) is 0. The highest BCUT2D eigenvalue weighted by molar-refractivity contribution is 5.66. The summed E-state index contributed by atoms with van der Waals surface area (Å²) in [5.74, 6) is -1.03. The Labute approximate surface area is 114 Å². The molecule has 2 aliphatic rings. The molecule has 0 atom stereocenters. The lowest BCUT2D eigenvalue weighted by Crippen LogP contribution is -2.21. The molecule has 104 valence electrons. The number of aliphatic hydroxyl groups is 3. The Balaban J connectivity index is 2.54. The predicted octanol–water partition coefficient (Wildman–Crippen LogP) is 2.22. The van der Waals surface area contributed by atoms with Crippen molar-refractivity contribution in [1.29, 1.82) is 0 Å². The molecule has 0 aromatic carbocycles. The molecule has 20 heavy (non-hydrogen) atoms. The number of aliphatic hydroxyl groups excluding tert-OH is 2. The fourth-order valence-electron chi connectivity index (χ4n) is 2.38. The van der Waals surface area contributed by atoms with Crippen LogP contribution in [0.1, 0.15) is 29.5 Å². The first-order valence-electron chi connectivity index (χ1n) is 6.33. The molecule has 0 saturated heterocycles. The predicted molar refractivity (Wildman–Crippen MR) is 73.6 cm³/mol. The van der Waals surface area contributed by atoms with Crippen molar-refractivity contribution in [3.63, 3.8) is 0 Å². The Kier molecular flexibility index (Phi) is 3.02. The van der Waals surface area contributed by atoms with Crippen LogP contribution >= 0.6 is 0 Å². The molecule has 0 radical (unpaired) electrons. The summed E-state index contributed by atoms with van der Waals surface area (Å²) in [7, 11) is 0. The Morgan fingerprint density at radius 1 is 1.15 bits per heavy atom. The third-order valence-corrected chi connectivity index (χ3v) is 3.30.